The number of carbonyl (C=O) groups is 1. The van der Waals surface area contributed by atoms with Gasteiger partial charge in [-0.2, -0.15) is 13.2 Å². The van der Waals surface area contributed by atoms with Gasteiger partial charge in [-0.25, -0.2) is 0 Å². The number of hydrogen-bond donors (Lipinski definition) is 1. The second-order valence-electron chi connectivity index (χ2n) is 5.18. The fraction of sp³-hybridized carbons (Fsp3) is 0.0625. The van der Waals surface area contributed by atoms with Gasteiger partial charge in [-0.15, -0.1) is 11.3 Å². The summed E-state index contributed by atoms with van der Waals surface area (Å²) >= 11 is 7.25. The van der Waals surface area contributed by atoms with Crippen LogP contribution in [0.25, 0.3) is 10.1 Å². The summed E-state index contributed by atoms with van der Waals surface area (Å²) in [6.07, 6.45) is -4.73. The second kappa shape index (κ2) is 6.58. The number of nitro groups is 1. The lowest BCUT2D eigenvalue weighted by Crippen LogP contribution is -2.13. The highest BCUT2D eigenvalue weighted by Crippen LogP contribution is 2.38. The van der Waals surface area contributed by atoms with E-state index in [1.807, 2.05) is 0 Å². The molecule has 134 valence electrons. The number of carbonyl (C=O) groups excluding carboxylic acids is 1. The minimum absolute atomic E-state index is 0.113. The van der Waals surface area contributed by atoms with Crippen LogP contribution in [0, 0.1) is 10.1 Å². The van der Waals surface area contributed by atoms with E-state index in [2.05, 4.69) is 5.32 Å². The first-order valence-electron chi connectivity index (χ1n) is 7.02. The van der Waals surface area contributed by atoms with Crippen molar-refractivity contribution in [2.75, 3.05) is 5.32 Å². The first-order valence-corrected chi connectivity index (χ1v) is 8.22. The van der Waals surface area contributed by atoms with Crippen LogP contribution >= 0.6 is 22.9 Å². The summed E-state index contributed by atoms with van der Waals surface area (Å²) in [6.45, 7) is 0. The number of hydrogen-bond acceptors (Lipinski definition) is 4. The highest BCUT2D eigenvalue weighted by Gasteiger charge is 2.33. The zero-order valence-corrected chi connectivity index (χ0v) is 14.2. The molecule has 3 aromatic rings. The third kappa shape index (κ3) is 3.35. The van der Waals surface area contributed by atoms with Crippen LogP contribution in [-0.4, -0.2) is 10.8 Å². The molecule has 3 rings (SSSR count). The Bertz CT molecular complexity index is 1030. The zero-order chi connectivity index (χ0) is 19.1. The van der Waals surface area contributed by atoms with Gasteiger partial charge in [-0.3, -0.25) is 14.9 Å². The SMILES string of the molecule is O=C(Nc1ccc(C(F)(F)F)cc1[N+](=O)[O-])c1sc2ccccc2c1Cl. The minimum atomic E-state index is -4.73. The normalized spacial score (nSPS) is 11.5. The average molecular weight is 401 g/mol. The molecule has 0 unspecified atom stereocenters. The van der Waals surface area contributed by atoms with Gasteiger partial charge in [0, 0.05) is 16.2 Å². The van der Waals surface area contributed by atoms with Gasteiger partial charge in [-0.1, -0.05) is 29.8 Å². The molecule has 0 bridgehead atoms. The van der Waals surface area contributed by atoms with E-state index in [0.29, 0.717) is 17.5 Å². The van der Waals surface area contributed by atoms with Crippen molar-refractivity contribution >= 4 is 50.3 Å². The van der Waals surface area contributed by atoms with Crippen molar-refractivity contribution in [2.45, 2.75) is 6.18 Å². The summed E-state index contributed by atoms with van der Waals surface area (Å²) in [7, 11) is 0. The Morgan fingerprint density at radius 1 is 1.19 bits per heavy atom. The number of rotatable bonds is 3. The molecule has 0 radical (unpaired) electrons. The number of nitrogens with one attached hydrogen (secondary N) is 1. The number of nitrogens with zero attached hydrogens (tertiary/aromatic N) is 1. The van der Waals surface area contributed by atoms with Crippen molar-refractivity contribution in [3.8, 4) is 0 Å². The summed E-state index contributed by atoms with van der Waals surface area (Å²) in [5.74, 6) is -0.737. The Labute approximate surface area is 153 Å². The summed E-state index contributed by atoms with van der Waals surface area (Å²) in [5, 5.41) is 14.2. The van der Waals surface area contributed by atoms with Crippen molar-refractivity contribution in [3.05, 3.63) is 68.0 Å². The number of halogens is 4. The third-order valence-electron chi connectivity index (χ3n) is 3.51. The molecule has 1 heterocycles. The lowest BCUT2D eigenvalue weighted by atomic mass is 10.1. The number of alkyl halides is 3. The molecule has 0 saturated heterocycles. The van der Waals surface area contributed by atoms with E-state index in [1.54, 1.807) is 24.3 Å². The molecule has 2 aromatic carbocycles. The minimum Gasteiger partial charge on any atom is -0.315 e. The van der Waals surface area contributed by atoms with Gasteiger partial charge < -0.3 is 5.32 Å². The van der Waals surface area contributed by atoms with Gasteiger partial charge in [0.05, 0.1) is 15.5 Å². The Balaban J connectivity index is 1.98. The maximum atomic E-state index is 12.7. The Kier molecular flexibility index (Phi) is 4.59. The standard InChI is InChI=1S/C16H8ClF3N2O3S/c17-13-9-3-1-2-4-12(9)26-14(13)15(23)21-10-6-5-8(16(18,19)20)7-11(10)22(24)25/h1-7H,(H,21,23). The first-order chi connectivity index (χ1) is 12.2. The predicted molar refractivity (Wildman–Crippen MR) is 92.9 cm³/mol. The van der Waals surface area contributed by atoms with Crippen LogP contribution in [-0.2, 0) is 6.18 Å². The van der Waals surface area contributed by atoms with Crippen LogP contribution in [0.15, 0.2) is 42.5 Å². The molecule has 0 spiro atoms. The smallest absolute Gasteiger partial charge is 0.315 e. The highest BCUT2D eigenvalue weighted by atomic mass is 35.5. The van der Waals surface area contributed by atoms with Gasteiger partial charge in [0.25, 0.3) is 11.6 Å². The van der Waals surface area contributed by atoms with Crippen molar-refractivity contribution < 1.29 is 22.9 Å². The molecule has 1 N–H and O–H groups in total. The molecule has 0 aliphatic rings. The van der Waals surface area contributed by atoms with Crippen LogP contribution in [0.3, 0.4) is 0 Å². The lowest BCUT2D eigenvalue weighted by Gasteiger charge is -2.09. The van der Waals surface area contributed by atoms with E-state index in [9.17, 15) is 28.1 Å². The van der Waals surface area contributed by atoms with E-state index in [-0.39, 0.29) is 15.6 Å². The number of fused-ring (bicyclic) bond motifs is 1. The number of nitro benzene ring substituents is 1. The molecule has 1 aromatic heterocycles. The molecular formula is C16H8ClF3N2O3S. The second-order valence-corrected chi connectivity index (χ2v) is 6.61. The van der Waals surface area contributed by atoms with Gasteiger partial charge in [0.15, 0.2) is 0 Å². The maximum absolute atomic E-state index is 12.7. The van der Waals surface area contributed by atoms with Crippen LogP contribution in [0.2, 0.25) is 5.02 Å². The Morgan fingerprint density at radius 3 is 2.50 bits per heavy atom. The van der Waals surface area contributed by atoms with Crippen LogP contribution in [0.1, 0.15) is 15.2 Å². The van der Waals surface area contributed by atoms with Gasteiger partial charge in [0.1, 0.15) is 10.6 Å². The van der Waals surface area contributed by atoms with E-state index in [4.69, 9.17) is 11.6 Å². The lowest BCUT2D eigenvalue weighted by molar-refractivity contribution is -0.384. The van der Waals surface area contributed by atoms with E-state index >= 15 is 0 Å². The Morgan fingerprint density at radius 2 is 1.88 bits per heavy atom. The number of anilines is 1. The number of amides is 1. The number of thiophene rings is 1. The van der Waals surface area contributed by atoms with Crippen LogP contribution < -0.4 is 5.32 Å². The zero-order valence-electron chi connectivity index (χ0n) is 12.6. The summed E-state index contributed by atoms with van der Waals surface area (Å²) in [5.41, 5.74) is -2.38. The third-order valence-corrected chi connectivity index (χ3v) is 5.19. The van der Waals surface area contributed by atoms with Crippen molar-refractivity contribution in [1.29, 1.82) is 0 Å². The molecule has 5 nitrogen and oxygen atoms in total. The largest absolute Gasteiger partial charge is 0.416 e. The van der Waals surface area contributed by atoms with E-state index in [0.717, 1.165) is 22.1 Å². The van der Waals surface area contributed by atoms with Crippen molar-refractivity contribution in [2.24, 2.45) is 0 Å². The van der Waals surface area contributed by atoms with Gasteiger partial charge >= 0.3 is 6.18 Å². The molecule has 0 fully saturated rings. The highest BCUT2D eigenvalue weighted by molar-refractivity contribution is 7.21. The summed E-state index contributed by atoms with van der Waals surface area (Å²) < 4.78 is 38.9. The summed E-state index contributed by atoms with van der Waals surface area (Å²) in [6, 6.07) is 8.85. The molecule has 0 saturated carbocycles. The summed E-state index contributed by atoms with van der Waals surface area (Å²) in [4.78, 5) is 22.6. The van der Waals surface area contributed by atoms with Crippen molar-refractivity contribution in [3.63, 3.8) is 0 Å². The van der Waals surface area contributed by atoms with Crippen LogP contribution in [0.5, 0.6) is 0 Å². The molecule has 26 heavy (non-hydrogen) atoms. The van der Waals surface area contributed by atoms with Crippen LogP contribution in [0.4, 0.5) is 24.5 Å². The molecule has 0 atom stereocenters. The Hall–Kier alpha value is -2.65. The van der Waals surface area contributed by atoms with Gasteiger partial charge in [-0.05, 0) is 18.2 Å². The molecular weight excluding hydrogens is 393 g/mol. The van der Waals surface area contributed by atoms with Crippen molar-refractivity contribution in [1.82, 2.24) is 0 Å². The number of benzene rings is 2. The topological polar surface area (TPSA) is 72.2 Å². The predicted octanol–water partition coefficient (Wildman–Crippen LogP) is 5.73. The molecule has 10 heteroatoms. The van der Waals surface area contributed by atoms with E-state index < -0.39 is 28.3 Å². The molecule has 1 amide bonds. The quantitative estimate of drug-likeness (QED) is 0.450. The van der Waals surface area contributed by atoms with E-state index in [1.165, 1.54) is 0 Å². The monoisotopic (exact) mass is 400 g/mol. The average Bonchev–Trinajstić information content (AvgIpc) is 2.91. The first kappa shape index (κ1) is 18.2. The van der Waals surface area contributed by atoms with Gasteiger partial charge in [0.2, 0.25) is 0 Å². The molecule has 0 aliphatic carbocycles. The fourth-order valence-corrected chi connectivity index (χ4v) is 3.72. The fourth-order valence-electron chi connectivity index (χ4n) is 2.30. The molecule has 0 aliphatic heterocycles. The maximum Gasteiger partial charge on any atom is 0.416 e.